The number of carboxylic acid groups (broad SMARTS) is 1. The molecule has 6 rings (SSSR count). The van der Waals surface area contributed by atoms with Crippen LogP contribution in [0.2, 0.25) is 0 Å². The lowest BCUT2D eigenvalue weighted by Crippen LogP contribution is -2.28. The van der Waals surface area contributed by atoms with Crippen molar-refractivity contribution in [1.29, 1.82) is 0 Å². The Morgan fingerprint density at radius 3 is 2.56 bits per heavy atom. The molecule has 43 heavy (non-hydrogen) atoms. The molecule has 0 radical (unpaired) electrons. The molecule has 2 aromatic carbocycles. The van der Waals surface area contributed by atoms with Crippen LogP contribution in [0.25, 0.3) is 10.2 Å². The number of carbonyl (C=O) groups excluding carboxylic acids is 2. The number of aromatic amines is 1. The molecule has 1 aliphatic carbocycles. The number of rotatable bonds is 6. The number of ether oxygens (including phenoxy) is 1. The summed E-state index contributed by atoms with van der Waals surface area (Å²) in [5.41, 5.74) is 7.54. The SMILES string of the molecule is CS(=O)(=O)c1ccc(CN)cc1.O=C1COc2ccc(CNC(=O)c3nc4sc5c(c4c(=O)[nH]3)C(C(=O)O)CC5)cc2N1. The van der Waals surface area contributed by atoms with Crippen LogP contribution in [0.3, 0.4) is 0 Å². The van der Waals surface area contributed by atoms with Gasteiger partial charge in [-0.3, -0.25) is 19.2 Å². The van der Waals surface area contributed by atoms with E-state index in [-0.39, 0.29) is 30.3 Å². The minimum absolute atomic E-state index is 0.0377. The van der Waals surface area contributed by atoms with Crippen molar-refractivity contribution in [3.63, 3.8) is 0 Å². The van der Waals surface area contributed by atoms with Crippen LogP contribution in [0.15, 0.2) is 52.2 Å². The molecule has 1 aliphatic heterocycles. The molecule has 15 heteroatoms. The highest BCUT2D eigenvalue weighted by atomic mass is 32.2. The molecule has 0 bridgehead atoms. The highest BCUT2D eigenvalue weighted by Crippen LogP contribution is 2.42. The molecular weight excluding hydrogens is 598 g/mol. The Morgan fingerprint density at radius 2 is 1.88 bits per heavy atom. The number of amides is 2. The third kappa shape index (κ3) is 6.43. The van der Waals surface area contributed by atoms with Gasteiger partial charge in [-0.25, -0.2) is 13.4 Å². The second kappa shape index (κ2) is 11.9. The van der Waals surface area contributed by atoms with E-state index in [0.717, 1.165) is 16.0 Å². The van der Waals surface area contributed by atoms with Gasteiger partial charge in [-0.2, -0.15) is 0 Å². The number of nitrogens with zero attached hydrogens (tertiary/aromatic N) is 1. The molecule has 6 N–H and O–H groups in total. The first kappa shape index (κ1) is 29.9. The number of carboxylic acids is 1. The first-order valence-corrected chi connectivity index (χ1v) is 15.8. The van der Waals surface area contributed by atoms with Crippen molar-refractivity contribution in [3.8, 4) is 5.75 Å². The van der Waals surface area contributed by atoms with E-state index in [9.17, 15) is 32.7 Å². The zero-order chi connectivity index (χ0) is 30.9. The van der Waals surface area contributed by atoms with Crippen LogP contribution in [0.1, 0.15) is 44.5 Å². The van der Waals surface area contributed by atoms with Crippen LogP contribution in [-0.2, 0) is 38.9 Å². The van der Waals surface area contributed by atoms with Crippen molar-refractivity contribution >= 4 is 54.9 Å². The van der Waals surface area contributed by atoms with Gasteiger partial charge in [-0.1, -0.05) is 18.2 Å². The second-order valence-electron chi connectivity index (χ2n) is 9.93. The first-order chi connectivity index (χ1) is 20.4. The van der Waals surface area contributed by atoms with Crippen molar-refractivity contribution < 1.29 is 32.6 Å². The Morgan fingerprint density at radius 1 is 1.16 bits per heavy atom. The maximum absolute atomic E-state index is 12.6. The summed E-state index contributed by atoms with van der Waals surface area (Å²) in [6, 6.07) is 11.7. The normalized spacial score (nSPS) is 15.4. The van der Waals surface area contributed by atoms with E-state index in [4.69, 9.17) is 10.5 Å². The monoisotopic (exact) mass is 625 g/mol. The molecule has 224 valence electrons. The van der Waals surface area contributed by atoms with E-state index in [1.807, 2.05) is 0 Å². The van der Waals surface area contributed by atoms with Crippen LogP contribution in [-0.4, -0.2) is 54.1 Å². The Balaban J connectivity index is 0.000000259. The molecule has 1 unspecified atom stereocenters. The molecular formula is C28H27N5O8S2. The summed E-state index contributed by atoms with van der Waals surface area (Å²) in [5, 5.41) is 15.1. The smallest absolute Gasteiger partial charge is 0.311 e. The number of carbonyl (C=O) groups is 3. The summed E-state index contributed by atoms with van der Waals surface area (Å²) in [5.74, 6) is -2.10. The minimum Gasteiger partial charge on any atom is -0.482 e. The standard InChI is InChI=1S/C20H16N4O6S.C8H11NO2S/c25-13-7-30-11-3-1-8(5-10(11)22-13)6-21-18(27)16-23-17(26)15-14-9(20(28)29)2-4-12(14)31-19(15)24-16;1-12(10,11)8-4-2-7(6-9)3-5-8/h1,3,5,9H,2,4,6-7H2,(H,21,27)(H,22,25)(H,28,29)(H,23,24,26);2-5H,6,9H2,1H3. The van der Waals surface area contributed by atoms with Crippen molar-refractivity contribution in [2.24, 2.45) is 5.73 Å². The van der Waals surface area contributed by atoms with Gasteiger partial charge < -0.3 is 31.2 Å². The summed E-state index contributed by atoms with van der Waals surface area (Å²) >= 11 is 1.25. The van der Waals surface area contributed by atoms with Crippen molar-refractivity contribution in [2.75, 3.05) is 18.2 Å². The maximum Gasteiger partial charge on any atom is 0.311 e. The number of anilines is 1. The number of aryl methyl sites for hydroxylation is 1. The topological polar surface area (TPSA) is 211 Å². The van der Waals surface area contributed by atoms with E-state index < -0.39 is 33.2 Å². The Kier molecular flexibility index (Phi) is 8.30. The summed E-state index contributed by atoms with van der Waals surface area (Å²) in [6.07, 6.45) is 2.22. The van der Waals surface area contributed by atoms with Crippen LogP contribution in [0, 0.1) is 0 Å². The highest BCUT2D eigenvalue weighted by molar-refractivity contribution is 7.90. The number of benzene rings is 2. The average Bonchev–Trinajstić information content (AvgIpc) is 3.55. The van der Waals surface area contributed by atoms with Crippen molar-refractivity contribution in [1.82, 2.24) is 15.3 Å². The molecule has 2 aromatic heterocycles. The molecule has 2 amide bonds. The zero-order valence-electron chi connectivity index (χ0n) is 22.8. The lowest BCUT2D eigenvalue weighted by atomic mass is 10.0. The fourth-order valence-electron chi connectivity index (χ4n) is 4.78. The lowest BCUT2D eigenvalue weighted by Gasteiger charge is -2.18. The van der Waals surface area contributed by atoms with E-state index in [2.05, 4.69) is 20.6 Å². The van der Waals surface area contributed by atoms with E-state index in [1.54, 1.807) is 42.5 Å². The zero-order valence-corrected chi connectivity index (χ0v) is 24.4. The maximum atomic E-state index is 12.6. The van der Waals surface area contributed by atoms with Gasteiger partial charge in [0.25, 0.3) is 17.4 Å². The van der Waals surface area contributed by atoms with Gasteiger partial charge in [0.15, 0.2) is 16.4 Å². The van der Waals surface area contributed by atoms with E-state index >= 15 is 0 Å². The first-order valence-electron chi connectivity index (χ1n) is 13.1. The lowest BCUT2D eigenvalue weighted by molar-refractivity contribution is -0.138. The van der Waals surface area contributed by atoms with Gasteiger partial charge in [0.1, 0.15) is 10.6 Å². The van der Waals surface area contributed by atoms with Crippen LogP contribution < -0.4 is 26.7 Å². The van der Waals surface area contributed by atoms with Crippen molar-refractivity contribution in [2.45, 2.75) is 36.7 Å². The van der Waals surface area contributed by atoms with Gasteiger partial charge in [0.2, 0.25) is 5.82 Å². The quantitative estimate of drug-likeness (QED) is 0.210. The Hall–Kier alpha value is -4.60. The third-order valence-corrected chi connectivity index (χ3v) is 9.20. The summed E-state index contributed by atoms with van der Waals surface area (Å²) < 4.78 is 27.3. The fourth-order valence-corrected chi connectivity index (χ4v) is 6.66. The van der Waals surface area contributed by atoms with E-state index in [0.29, 0.717) is 46.1 Å². The fraction of sp³-hybridized carbons (Fsp3) is 0.250. The van der Waals surface area contributed by atoms with Gasteiger partial charge in [0.05, 0.1) is 21.9 Å². The highest BCUT2D eigenvalue weighted by Gasteiger charge is 2.34. The van der Waals surface area contributed by atoms with Crippen LogP contribution in [0.5, 0.6) is 5.75 Å². The number of aromatic nitrogens is 2. The number of H-pyrrole nitrogens is 1. The number of nitrogens with two attached hydrogens (primary N) is 1. The van der Waals surface area contributed by atoms with Gasteiger partial charge in [0, 0.05) is 24.2 Å². The van der Waals surface area contributed by atoms with Crippen molar-refractivity contribution in [3.05, 3.63) is 80.2 Å². The molecule has 0 spiro atoms. The largest absolute Gasteiger partial charge is 0.482 e. The number of sulfone groups is 1. The van der Waals surface area contributed by atoms with Gasteiger partial charge in [-0.15, -0.1) is 11.3 Å². The molecule has 3 heterocycles. The Labute approximate surface area is 249 Å². The van der Waals surface area contributed by atoms with Gasteiger partial charge in [-0.05, 0) is 53.8 Å². The molecule has 0 saturated carbocycles. The summed E-state index contributed by atoms with van der Waals surface area (Å²) in [4.78, 5) is 56.4. The molecule has 4 aromatic rings. The number of fused-ring (bicyclic) bond motifs is 4. The van der Waals surface area contributed by atoms with E-state index in [1.165, 1.54) is 17.6 Å². The van der Waals surface area contributed by atoms with Crippen LogP contribution >= 0.6 is 11.3 Å². The minimum atomic E-state index is -3.07. The molecule has 13 nitrogen and oxygen atoms in total. The molecule has 0 fully saturated rings. The molecule has 1 atom stereocenters. The molecule has 2 aliphatic rings. The molecule has 0 saturated heterocycles. The number of hydrogen-bond acceptors (Lipinski definition) is 10. The predicted molar refractivity (Wildman–Crippen MR) is 158 cm³/mol. The number of thiophene rings is 1. The second-order valence-corrected chi connectivity index (χ2v) is 13.0. The number of hydrogen-bond donors (Lipinski definition) is 5. The summed E-state index contributed by atoms with van der Waals surface area (Å²) in [7, 11) is -3.07. The van der Waals surface area contributed by atoms with Crippen LogP contribution in [0.4, 0.5) is 5.69 Å². The summed E-state index contributed by atoms with van der Waals surface area (Å²) in [6.45, 7) is 0.541. The third-order valence-electron chi connectivity index (χ3n) is 6.91. The average molecular weight is 626 g/mol. The predicted octanol–water partition coefficient (Wildman–Crippen LogP) is 1.91. The number of nitrogens with one attached hydrogen (secondary N) is 3. The van der Waals surface area contributed by atoms with Gasteiger partial charge >= 0.3 is 5.97 Å². The Bertz CT molecular complexity index is 1920. The number of aliphatic carboxylic acids is 1.